The molecule has 0 saturated carbocycles. The first-order valence-corrected chi connectivity index (χ1v) is 9.97. The van der Waals surface area contributed by atoms with E-state index in [2.05, 4.69) is 14.9 Å². The molecule has 26 heavy (non-hydrogen) atoms. The zero-order valence-corrected chi connectivity index (χ0v) is 16.0. The van der Waals surface area contributed by atoms with Gasteiger partial charge >= 0.3 is 0 Å². The van der Waals surface area contributed by atoms with Gasteiger partial charge in [0.1, 0.15) is 4.90 Å². The van der Waals surface area contributed by atoms with Crippen LogP contribution in [0.15, 0.2) is 47.6 Å². The van der Waals surface area contributed by atoms with E-state index in [1.165, 1.54) is 0 Å². The summed E-state index contributed by atoms with van der Waals surface area (Å²) in [5, 5.41) is 8.61. The highest BCUT2D eigenvalue weighted by atomic mass is 32.2. The minimum absolute atomic E-state index is 0.247. The Kier molecular flexibility index (Phi) is 5.24. The van der Waals surface area contributed by atoms with Crippen molar-refractivity contribution in [3.05, 3.63) is 59.7 Å². The van der Waals surface area contributed by atoms with Gasteiger partial charge in [-0.2, -0.15) is 10.2 Å². The average molecular weight is 373 g/mol. The molecule has 0 aliphatic carbocycles. The Balaban J connectivity index is 1.72. The van der Waals surface area contributed by atoms with Crippen LogP contribution >= 0.6 is 0 Å². The lowest BCUT2D eigenvalue weighted by Crippen LogP contribution is -2.26. The summed E-state index contributed by atoms with van der Waals surface area (Å²) in [4.78, 5) is 0.247. The van der Waals surface area contributed by atoms with Crippen LogP contribution in [0, 0.1) is 20.8 Å². The molecule has 1 N–H and O–H groups in total. The number of para-hydroxylation sites is 1. The number of rotatable bonds is 7. The first-order chi connectivity index (χ1) is 12.4. The molecule has 8 heteroatoms. The highest BCUT2D eigenvalue weighted by Crippen LogP contribution is 2.22. The molecular formula is C18H23N5O2S. The molecule has 7 nitrogen and oxygen atoms in total. The number of nitrogens with zero attached hydrogens (tertiary/aromatic N) is 4. The third-order valence-corrected chi connectivity index (χ3v) is 5.83. The van der Waals surface area contributed by atoms with Crippen molar-refractivity contribution in [3.63, 3.8) is 0 Å². The second-order valence-corrected chi connectivity index (χ2v) is 7.98. The molecule has 2 heterocycles. The summed E-state index contributed by atoms with van der Waals surface area (Å²) < 4.78 is 31.6. The van der Waals surface area contributed by atoms with Gasteiger partial charge in [0.25, 0.3) is 0 Å². The first-order valence-electron chi connectivity index (χ1n) is 8.49. The average Bonchev–Trinajstić information content (AvgIpc) is 3.15. The van der Waals surface area contributed by atoms with Gasteiger partial charge < -0.3 is 0 Å². The molecule has 0 spiro atoms. The summed E-state index contributed by atoms with van der Waals surface area (Å²) in [5.41, 5.74) is 3.01. The largest absolute Gasteiger partial charge is 0.272 e. The number of hydrogen-bond donors (Lipinski definition) is 1. The van der Waals surface area contributed by atoms with Crippen molar-refractivity contribution in [2.75, 3.05) is 6.54 Å². The third-order valence-electron chi connectivity index (χ3n) is 4.11. The van der Waals surface area contributed by atoms with Crippen molar-refractivity contribution in [1.82, 2.24) is 24.3 Å². The lowest BCUT2D eigenvalue weighted by atomic mass is 10.3. The molecule has 0 bridgehead atoms. The Hall–Kier alpha value is -2.45. The van der Waals surface area contributed by atoms with Crippen LogP contribution in [-0.2, 0) is 16.6 Å². The quantitative estimate of drug-likeness (QED) is 0.645. The molecule has 3 aromatic rings. The topological polar surface area (TPSA) is 81.8 Å². The van der Waals surface area contributed by atoms with E-state index in [4.69, 9.17) is 0 Å². The Morgan fingerprint density at radius 2 is 1.85 bits per heavy atom. The van der Waals surface area contributed by atoms with E-state index < -0.39 is 10.0 Å². The molecule has 138 valence electrons. The number of benzene rings is 1. The smallest absolute Gasteiger partial charge is 0.244 e. The second-order valence-electron chi connectivity index (χ2n) is 6.28. The maximum atomic E-state index is 12.7. The van der Waals surface area contributed by atoms with E-state index in [1.807, 2.05) is 48.1 Å². The number of aromatic nitrogens is 4. The predicted octanol–water partition coefficient (Wildman–Crippen LogP) is 2.36. The molecule has 0 aliphatic heterocycles. The van der Waals surface area contributed by atoms with E-state index in [0.29, 0.717) is 30.9 Å². The summed E-state index contributed by atoms with van der Waals surface area (Å²) in [6, 6.07) is 9.50. The van der Waals surface area contributed by atoms with Crippen LogP contribution in [-0.4, -0.2) is 34.5 Å². The van der Waals surface area contributed by atoms with Crippen LogP contribution in [0.4, 0.5) is 0 Å². The summed E-state index contributed by atoms with van der Waals surface area (Å²) in [6.45, 7) is 6.47. The first kappa shape index (κ1) is 18.3. The third kappa shape index (κ3) is 3.86. The predicted molar refractivity (Wildman–Crippen MR) is 99.8 cm³/mol. The van der Waals surface area contributed by atoms with Crippen LogP contribution in [0.1, 0.15) is 23.4 Å². The van der Waals surface area contributed by atoms with Crippen LogP contribution in [0.5, 0.6) is 0 Å². The number of hydrogen-bond acceptors (Lipinski definition) is 4. The van der Waals surface area contributed by atoms with Crippen molar-refractivity contribution < 1.29 is 8.42 Å². The molecule has 0 amide bonds. The van der Waals surface area contributed by atoms with Crippen LogP contribution in [0.25, 0.3) is 5.69 Å². The molecule has 0 fully saturated rings. The lowest BCUT2D eigenvalue weighted by Gasteiger charge is -2.08. The van der Waals surface area contributed by atoms with E-state index in [-0.39, 0.29) is 4.90 Å². The highest BCUT2D eigenvalue weighted by Gasteiger charge is 2.24. The van der Waals surface area contributed by atoms with Crippen molar-refractivity contribution in [3.8, 4) is 5.69 Å². The molecule has 0 saturated heterocycles. The van der Waals surface area contributed by atoms with Gasteiger partial charge in [-0.25, -0.2) is 17.8 Å². The molecule has 3 rings (SSSR count). The SMILES string of the molecule is Cc1cnn(CCCNS(=O)(=O)c2c(C)nn(-c3ccccc3)c2C)c1. The van der Waals surface area contributed by atoms with E-state index >= 15 is 0 Å². The number of nitrogens with one attached hydrogen (secondary N) is 1. The summed E-state index contributed by atoms with van der Waals surface area (Å²) in [6.07, 6.45) is 4.38. The zero-order valence-electron chi connectivity index (χ0n) is 15.2. The number of sulfonamides is 1. The van der Waals surface area contributed by atoms with Crippen LogP contribution < -0.4 is 4.72 Å². The Labute approximate surface area is 153 Å². The van der Waals surface area contributed by atoms with Crippen LogP contribution in [0.2, 0.25) is 0 Å². The van der Waals surface area contributed by atoms with Gasteiger partial charge in [-0.3, -0.25) is 4.68 Å². The monoisotopic (exact) mass is 373 g/mol. The van der Waals surface area contributed by atoms with Gasteiger partial charge in [0.15, 0.2) is 0 Å². The van der Waals surface area contributed by atoms with E-state index in [1.54, 1.807) is 24.7 Å². The van der Waals surface area contributed by atoms with Gasteiger partial charge in [0.2, 0.25) is 10.0 Å². The summed E-state index contributed by atoms with van der Waals surface area (Å²) in [5.74, 6) is 0. The van der Waals surface area contributed by atoms with Gasteiger partial charge in [-0.05, 0) is 44.9 Å². The molecule has 0 atom stereocenters. The molecule has 0 aliphatic rings. The fourth-order valence-electron chi connectivity index (χ4n) is 2.95. The zero-order chi connectivity index (χ0) is 18.7. The van der Waals surface area contributed by atoms with E-state index in [0.717, 1.165) is 11.3 Å². The van der Waals surface area contributed by atoms with Gasteiger partial charge in [0, 0.05) is 19.3 Å². The van der Waals surface area contributed by atoms with Crippen molar-refractivity contribution in [2.45, 2.75) is 38.6 Å². The fraction of sp³-hybridized carbons (Fsp3) is 0.333. The maximum absolute atomic E-state index is 12.7. The molecule has 0 unspecified atom stereocenters. The second kappa shape index (κ2) is 7.43. The Morgan fingerprint density at radius 3 is 2.50 bits per heavy atom. The summed E-state index contributed by atoms with van der Waals surface area (Å²) >= 11 is 0. The Bertz CT molecular complexity index is 990. The minimum atomic E-state index is -3.62. The normalized spacial score (nSPS) is 11.8. The lowest BCUT2D eigenvalue weighted by molar-refractivity contribution is 0.552. The van der Waals surface area contributed by atoms with Crippen LogP contribution in [0.3, 0.4) is 0 Å². The molecule has 0 radical (unpaired) electrons. The Morgan fingerprint density at radius 1 is 1.12 bits per heavy atom. The molecule has 2 aromatic heterocycles. The fourth-order valence-corrected chi connectivity index (χ4v) is 4.41. The van der Waals surface area contributed by atoms with E-state index in [9.17, 15) is 8.42 Å². The molecule has 1 aromatic carbocycles. The van der Waals surface area contributed by atoms with Gasteiger partial charge in [-0.15, -0.1) is 0 Å². The maximum Gasteiger partial charge on any atom is 0.244 e. The highest BCUT2D eigenvalue weighted by molar-refractivity contribution is 7.89. The molecular weight excluding hydrogens is 350 g/mol. The standard InChI is InChI=1S/C18H23N5O2S/c1-14-12-19-22(13-14)11-7-10-20-26(24,25)18-15(2)21-23(16(18)3)17-8-5-4-6-9-17/h4-6,8-9,12-13,20H,7,10-11H2,1-3H3. The van der Waals surface area contributed by atoms with Crippen molar-refractivity contribution in [2.24, 2.45) is 0 Å². The summed E-state index contributed by atoms with van der Waals surface area (Å²) in [7, 11) is -3.62. The van der Waals surface area contributed by atoms with Gasteiger partial charge in [-0.1, -0.05) is 18.2 Å². The number of aryl methyl sites for hydroxylation is 3. The van der Waals surface area contributed by atoms with Gasteiger partial charge in [0.05, 0.1) is 23.3 Å². The van der Waals surface area contributed by atoms with Crippen molar-refractivity contribution in [1.29, 1.82) is 0 Å². The van der Waals surface area contributed by atoms with Crippen molar-refractivity contribution >= 4 is 10.0 Å². The minimum Gasteiger partial charge on any atom is -0.272 e.